The van der Waals surface area contributed by atoms with Crippen molar-refractivity contribution in [3.05, 3.63) is 58.8 Å². The predicted octanol–water partition coefficient (Wildman–Crippen LogP) is 0.828. The third-order valence-electron chi connectivity index (χ3n) is 5.32. The largest absolute Gasteiger partial charge is 0.493 e. The molecular formula is C23H22O10. The van der Waals surface area contributed by atoms with E-state index in [0.29, 0.717) is 11.3 Å². The number of hydrogen-bond acceptors (Lipinski definition) is 10. The highest BCUT2D eigenvalue weighted by Gasteiger charge is 2.48. The first-order chi connectivity index (χ1) is 15.8. The van der Waals surface area contributed by atoms with E-state index in [-0.39, 0.29) is 27.9 Å². The van der Waals surface area contributed by atoms with E-state index < -0.39 is 36.7 Å². The number of methoxy groups -OCH3 is 2. The highest BCUT2D eigenvalue weighted by Crippen LogP contribution is 2.35. The van der Waals surface area contributed by atoms with Crippen LogP contribution in [0.25, 0.3) is 22.3 Å². The van der Waals surface area contributed by atoms with Gasteiger partial charge in [-0.05, 0) is 6.07 Å². The molecule has 5 atom stereocenters. The number of aliphatic hydroxyl groups excluding tert-OH is 3. The molecule has 10 heteroatoms. The van der Waals surface area contributed by atoms with Crippen molar-refractivity contribution < 1.29 is 43.5 Å². The van der Waals surface area contributed by atoms with Gasteiger partial charge in [-0.3, -0.25) is 4.79 Å². The first-order valence-electron chi connectivity index (χ1n) is 9.99. The van der Waals surface area contributed by atoms with Crippen molar-refractivity contribution in [3.63, 3.8) is 0 Å². The molecule has 0 amide bonds. The molecule has 0 radical (unpaired) electrons. The molecule has 0 aliphatic carbocycles. The third-order valence-corrected chi connectivity index (χ3v) is 5.32. The molecule has 0 saturated carbocycles. The first-order valence-corrected chi connectivity index (χ1v) is 9.99. The number of carbonyl (C=O) groups excluding carboxylic acids is 1. The van der Waals surface area contributed by atoms with Crippen LogP contribution in [0.3, 0.4) is 0 Å². The van der Waals surface area contributed by atoms with Gasteiger partial charge in [0.1, 0.15) is 29.7 Å². The van der Waals surface area contributed by atoms with Gasteiger partial charge in [0, 0.05) is 17.7 Å². The first kappa shape index (κ1) is 22.7. The van der Waals surface area contributed by atoms with Gasteiger partial charge in [-0.15, -0.1) is 0 Å². The van der Waals surface area contributed by atoms with Gasteiger partial charge in [0.05, 0.1) is 19.6 Å². The van der Waals surface area contributed by atoms with Crippen molar-refractivity contribution in [2.45, 2.75) is 30.7 Å². The molecule has 1 aliphatic heterocycles. The zero-order valence-electron chi connectivity index (χ0n) is 17.7. The van der Waals surface area contributed by atoms with Crippen LogP contribution >= 0.6 is 0 Å². The maximum Gasteiger partial charge on any atom is 0.337 e. The number of carbonyl (C=O) groups is 1. The quantitative estimate of drug-likeness (QED) is 0.470. The Kier molecular flexibility index (Phi) is 6.34. The molecule has 4 rings (SSSR count). The number of fused-ring (bicyclic) bond motifs is 1. The smallest absolute Gasteiger partial charge is 0.337 e. The van der Waals surface area contributed by atoms with Gasteiger partial charge in [-0.25, -0.2) is 4.79 Å². The van der Waals surface area contributed by atoms with Crippen LogP contribution < -0.4 is 14.9 Å². The summed E-state index contributed by atoms with van der Waals surface area (Å²) in [6.45, 7) is 0. The van der Waals surface area contributed by atoms with Gasteiger partial charge in [0.15, 0.2) is 23.0 Å². The molecule has 0 spiro atoms. The van der Waals surface area contributed by atoms with Crippen LogP contribution in [0.5, 0.6) is 11.5 Å². The second-order valence-electron chi connectivity index (χ2n) is 7.38. The average Bonchev–Trinajstić information content (AvgIpc) is 2.84. The summed E-state index contributed by atoms with van der Waals surface area (Å²) >= 11 is 0. The number of aliphatic hydroxyl groups is 3. The topological polar surface area (TPSA) is 145 Å². The SMILES string of the molecule is COC(=O)[C@H]1O[C@@H](Oc2cc3oc(-c4ccccc4)cc(=O)c3cc2OC)[C@H](O)[C@@H](O)[C@@H]1O. The summed E-state index contributed by atoms with van der Waals surface area (Å²) in [4.78, 5) is 24.6. The molecule has 0 bridgehead atoms. The Balaban J connectivity index is 1.73. The summed E-state index contributed by atoms with van der Waals surface area (Å²) in [6.07, 6.45) is -8.33. The van der Waals surface area contributed by atoms with E-state index in [1.165, 1.54) is 25.3 Å². The number of benzene rings is 2. The standard InChI is InChI=1S/C23H22O10/c1-29-16-8-12-13(24)9-14(11-6-4-3-5-7-11)31-15(12)10-17(16)32-23-20(27)18(25)19(26)21(33-23)22(28)30-2/h3-10,18-21,23,25-27H,1-2H3/t18-,19-,20+,21-,23+/m0/s1. The Hall–Kier alpha value is -3.44. The van der Waals surface area contributed by atoms with Crippen LogP contribution in [-0.2, 0) is 14.3 Å². The molecule has 2 aromatic carbocycles. The molecule has 33 heavy (non-hydrogen) atoms. The molecule has 10 nitrogen and oxygen atoms in total. The molecule has 1 aromatic heterocycles. The molecule has 3 N–H and O–H groups in total. The molecule has 2 heterocycles. The highest BCUT2D eigenvalue weighted by molar-refractivity contribution is 5.82. The van der Waals surface area contributed by atoms with Gasteiger partial charge in [0.25, 0.3) is 0 Å². The monoisotopic (exact) mass is 458 g/mol. The zero-order chi connectivity index (χ0) is 23.7. The lowest BCUT2D eigenvalue weighted by molar-refractivity contribution is -0.272. The fourth-order valence-corrected chi connectivity index (χ4v) is 3.54. The Morgan fingerprint density at radius 3 is 2.33 bits per heavy atom. The summed E-state index contributed by atoms with van der Waals surface area (Å²) < 4.78 is 26.8. The maximum absolute atomic E-state index is 12.7. The van der Waals surface area contributed by atoms with Crippen LogP contribution in [-0.4, -0.2) is 66.2 Å². The van der Waals surface area contributed by atoms with Crippen LogP contribution in [0.1, 0.15) is 0 Å². The number of esters is 1. The van der Waals surface area contributed by atoms with E-state index in [1.807, 2.05) is 6.07 Å². The summed E-state index contributed by atoms with van der Waals surface area (Å²) in [5, 5.41) is 30.7. The van der Waals surface area contributed by atoms with Crippen molar-refractivity contribution in [2.24, 2.45) is 0 Å². The molecule has 1 aliphatic rings. The predicted molar refractivity (Wildman–Crippen MR) is 114 cm³/mol. The van der Waals surface area contributed by atoms with E-state index in [1.54, 1.807) is 24.3 Å². The van der Waals surface area contributed by atoms with Crippen LogP contribution in [0.4, 0.5) is 0 Å². The van der Waals surface area contributed by atoms with E-state index in [4.69, 9.17) is 18.6 Å². The fraction of sp³-hybridized carbons (Fsp3) is 0.304. The normalized spacial score (nSPS) is 24.9. The van der Waals surface area contributed by atoms with Gasteiger partial charge in [0.2, 0.25) is 6.29 Å². The second kappa shape index (κ2) is 9.20. The summed E-state index contributed by atoms with van der Waals surface area (Å²) in [5.41, 5.74) is 0.560. The number of ether oxygens (including phenoxy) is 4. The Morgan fingerprint density at radius 2 is 1.67 bits per heavy atom. The lowest BCUT2D eigenvalue weighted by Gasteiger charge is -2.38. The Labute approximate surface area is 187 Å². The number of hydrogen-bond donors (Lipinski definition) is 3. The van der Waals surface area contributed by atoms with E-state index in [2.05, 4.69) is 4.74 Å². The lowest BCUT2D eigenvalue weighted by Crippen LogP contribution is -2.61. The van der Waals surface area contributed by atoms with Crippen LogP contribution in [0.15, 0.2) is 57.7 Å². The van der Waals surface area contributed by atoms with Gasteiger partial charge >= 0.3 is 5.97 Å². The van der Waals surface area contributed by atoms with E-state index >= 15 is 0 Å². The summed E-state index contributed by atoms with van der Waals surface area (Å²) in [7, 11) is 2.44. The Bertz CT molecular complexity index is 1210. The molecule has 174 valence electrons. The molecule has 1 saturated heterocycles. The Morgan fingerprint density at radius 1 is 0.939 bits per heavy atom. The van der Waals surface area contributed by atoms with Crippen LogP contribution in [0, 0.1) is 0 Å². The lowest BCUT2D eigenvalue weighted by atomic mass is 9.99. The maximum atomic E-state index is 12.7. The van der Waals surface area contributed by atoms with Crippen molar-refractivity contribution >= 4 is 16.9 Å². The molecule has 0 unspecified atom stereocenters. The zero-order valence-corrected chi connectivity index (χ0v) is 17.7. The van der Waals surface area contributed by atoms with Gasteiger partial charge in [-0.2, -0.15) is 0 Å². The average molecular weight is 458 g/mol. The van der Waals surface area contributed by atoms with Crippen molar-refractivity contribution in [1.29, 1.82) is 0 Å². The van der Waals surface area contributed by atoms with E-state index in [0.717, 1.165) is 7.11 Å². The summed E-state index contributed by atoms with van der Waals surface area (Å²) in [5.74, 6) is -0.489. The van der Waals surface area contributed by atoms with Crippen molar-refractivity contribution in [1.82, 2.24) is 0 Å². The van der Waals surface area contributed by atoms with Gasteiger partial charge in [-0.1, -0.05) is 30.3 Å². The van der Waals surface area contributed by atoms with Crippen molar-refractivity contribution in [2.75, 3.05) is 14.2 Å². The highest BCUT2D eigenvalue weighted by atomic mass is 16.7. The fourth-order valence-electron chi connectivity index (χ4n) is 3.54. The minimum atomic E-state index is -1.75. The van der Waals surface area contributed by atoms with E-state index in [9.17, 15) is 24.9 Å². The molecule has 3 aromatic rings. The third kappa shape index (κ3) is 4.29. The summed E-state index contributed by atoms with van der Waals surface area (Å²) in [6, 6.07) is 13.2. The number of rotatable bonds is 5. The van der Waals surface area contributed by atoms with Crippen LogP contribution in [0.2, 0.25) is 0 Å². The second-order valence-corrected chi connectivity index (χ2v) is 7.38. The molecular weight excluding hydrogens is 436 g/mol. The van der Waals surface area contributed by atoms with Gasteiger partial charge < -0.3 is 38.7 Å². The minimum Gasteiger partial charge on any atom is -0.493 e. The molecule has 1 fully saturated rings. The minimum absolute atomic E-state index is 0.00890. The van der Waals surface area contributed by atoms with Crippen molar-refractivity contribution in [3.8, 4) is 22.8 Å².